The average Bonchev–Trinajstić information content (AvgIpc) is 2.14. The van der Waals surface area contributed by atoms with Crippen LogP contribution in [-0.4, -0.2) is 29.3 Å². The number of rotatable bonds is 4. The Morgan fingerprint density at radius 3 is 2.59 bits per heavy atom. The Hall–Kier alpha value is -1.24. The molecule has 3 N–H and O–H groups in total. The quantitative estimate of drug-likeness (QED) is 0.698. The van der Waals surface area contributed by atoms with Gasteiger partial charge in [0, 0.05) is 6.04 Å². The lowest BCUT2D eigenvalue weighted by molar-refractivity contribution is 0.0943. The second-order valence-electron chi connectivity index (χ2n) is 3.71. The monoisotopic (exact) mass is 257 g/mol. The first-order valence-corrected chi connectivity index (χ1v) is 5.41. The van der Waals surface area contributed by atoms with E-state index in [-0.39, 0.29) is 22.7 Å². The SMILES string of the molecule is CC(C)NC(=O)c1ccc(OB(O)O)cc1Cl. The van der Waals surface area contributed by atoms with Crippen molar-refractivity contribution in [1.82, 2.24) is 5.32 Å². The summed E-state index contributed by atoms with van der Waals surface area (Å²) in [5, 5.41) is 20.1. The van der Waals surface area contributed by atoms with Crippen molar-refractivity contribution >= 4 is 24.8 Å². The number of hydrogen-bond donors (Lipinski definition) is 3. The first kappa shape index (κ1) is 13.8. The number of amides is 1. The van der Waals surface area contributed by atoms with Crippen LogP contribution in [0.3, 0.4) is 0 Å². The van der Waals surface area contributed by atoms with Crippen molar-refractivity contribution in [1.29, 1.82) is 0 Å². The molecule has 17 heavy (non-hydrogen) atoms. The van der Waals surface area contributed by atoms with Gasteiger partial charge in [-0.1, -0.05) is 11.6 Å². The summed E-state index contributed by atoms with van der Waals surface area (Å²) in [6, 6.07) is 4.24. The standard InChI is InChI=1S/C10H13BClNO4/c1-6(2)13-10(14)8-4-3-7(5-9(8)12)17-11(15)16/h3-6,15-16H,1-2H3,(H,13,14). The van der Waals surface area contributed by atoms with Crippen LogP contribution in [0, 0.1) is 0 Å². The van der Waals surface area contributed by atoms with E-state index in [1.54, 1.807) is 0 Å². The normalized spacial score (nSPS) is 10.2. The summed E-state index contributed by atoms with van der Waals surface area (Å²) in [5.74, 6) is -0.118. The van der Waals surface area contributed by atoms with Crippen LogP contribution in [0.15, 0.2) is 18.2 Å². The summed E-state index contributed by atoms with van der Waals surface area (Å²) in [5.41, 5.74) is 0.306. The Morgan fingerprint density at radius 2 is 2.12 bits per heavy atom. The average molecular weight is 257 g/mol. The Kier molecular flexibility index (Phi) is 4.80. The first-order valence-electron chi connectivity index (χ1n) is 5.03. The van der Waals surface area contributed by atoms with Crippen LogP contribution in [0.4, 0.5) is 0 Å². The smallest absolute Gasteiger partial charge is 0.512 e. The Labute approximate surface area is 105 Å². The van der Waals surface area contributed by atoms with Crippen molar-refractivity contribution in [2.24, 2.45) is 0 Å². The fraction of sp³-hybridized carbons (Fsp3) is 0.300. The van der Waals surface area contributed by atoms with Gasteiger partial charge in [-0.15, -0.1) is 0 Å². The third-order valence-electron chi connectivity index (χ3n) is 1.85. The van der Waals surface area contributed by atoms with Crippen LogP contribution < -0.4 is 9.97 Å². The second kappa shape index (κ2) is 5.91. The first-order chi connectivity index (χ1) is 7.90. The number of halogens is 1. The molecule has 1 rings (SSSR count). The van der Waals surface area contributed by atoms with Gasteiger partial charge < -0.3 is 20.0 Å². The highest BCUT2D eigenvalue weighted by Crippen LogP contribution is 2.22. The van der Waals surface area contributed by atoms with E-state index < -0.39 is 7.32 Å². The number of benzene rings is 1. The number of nitrogens with one attached hydrogen (secondary N) is 1. The molecule has 0 aliphatic carbocycles. The zero-order valence-electron chi connectivity index (χ0n) is 9.48. The summed E-state index contributed by atoms with van der Waals surface area (Å²) in [6.07, 6.45) is 0. The third kappa shape index (κ3) is 4.26. The van der Waals surface area contributed by atoms with Gasteiger partial charge in [0.05, 0.1) is 10.6 Å². The van der Waals surface area contributed by atoms with Crippen LogP contribution in [0.25, 0.3) is 0 Å². The predicted molar refractivity (Wildman–Crippen MR) is 64.9 cm³/mol. The van der Waals surface area contributed by atoms with Gasteiger partial charge in [-0.25, -0.2) is 0 Å². The van der Waals surface area contributed by atoms with Crippen LogP contribution >= 0.6 is 11.6 Å². The minimum absolute atomic E-state index is 0.00811. The van der Waals surface area contributed by atoms with Crippen LogP contribution in [0.5, 0.6) is 5.75 Å². The molecular weight excluding hydrogens is 244 g/mol. The number of carbonyl (C=O) groups is 1. The molecular formula is C10H13BClNO4. The topological polar surface area (TPSA) is 78.8 Å². The summed E-state index contributed by atoms with van der Waals surface area (Å²) in [4.78, 5) is 11.7. The van der Waals surface area contributed by atoms with Gasteiger partial charge in [-0.2, -0.15) is 0 Å². The van der Waals surface area contributed by atoms with Gasteiger partial charge >= 0.3 is 7.32 Å². The summed E-state index contributed by atoms with van der Waals surface area (Å²) < 4.78 is 4.61. The molecule has 0 spiro atoms. The number of carbonyl (C=O) groups excluding carboxylic acids is 1. The van der Waals surface area contributed by atoms with Gasteiger partial charge in [0.25, 0.3) is 5.91 Å². The molecule has 0 radical (unpaired) electrons. The second-order valence-corrected chi connectivity index (χ2v) is 4.12. The van der Waals surface area contributed by atoms with Gasteiger partial charge in [-0.3, -0.25) is 4.79 Å². The molecule has 0 bridgehead atoms. The fourth-order valence-electron chi connectivity index (χ4n) is 1.21. The zero-order chi connectivity index (χ0) is 13.0. The lowest BCUT2D eigenvalue weighted by Gasteiger charge is -2.11. The van der Waals surface area contributed by atoms with Crippen LogP contribution in [-0.2, 0) is 0 Å². The van der Waals surface area contributed by atoms with Gasteiger partial charge in [0.15, 0.2) is 0 Å². The zero-order valence-corrected chi connectivity index (χ0v) is 10.2. The summed E-state index contributed by atoms with van der Waals surface area (Å²) in [6.45, 7) is 3.68. The molecule has 1 aromatic carbocycles. The third-order valence-corrected chi connectivity index (χ3v) is 2.16. The molecule has 1 aromatic rings. The van der Waals surface area contributed by atoms with Crippen molar-refractivity contribution in [3.05, 3.63) is 28.8 Å². The Balaban J connectivity index is 2.86. The molecule has 0 aliphatic rings. The fourth-order valence-corrected chi connectivity index (χ4v) is 1.47. The van der Waals surface area contributed by atoms with Crippen molar-refractivity contribution in [3.63, 3.8) is 0 Å². The van der Waals surface area contributed by atoms with Crippen molar-refractivity contribution in [2.45, 2.75) is 19.9 Å². The van der Waals surface area contributed by atoms with Gasteiger partial charge in [-0.05, 0) is 32.0 Å². The van der Waals surface area contributed by atoms with E-state index >= 15 is 0 Å². The molecule has 7 heteroatoms. The van der Waals surface area contributed by atoms with Crippen molar-refractivity contribution in [3.8, 4) is 5.75 Å². The van der Waals surface area contributed by atoms with Gasteiger partial charge in [0.1, 0.15) is 5.75 Å². The van der Waals surface area contributed by atoms with E-state index in [1.807, 2.05) is 13.8 Å². The molecule has 0 aliphatic heterocycles. The molecule has 0 saturated carbocycles. The predicted octanol–water partition coefficient (Wildman–Crippen LogP) is 0.826. The van der Waals surface area contributed by atoms with Crippen molar-refractivity contribution < 1.29 is 19.5 Å². The lowest BCUT2D eigenvalue weighted by atomic mass is 10.1. The van der Waals surface area contributed by atoms with E-state index in [0.717, 1.165) is 0 Å². The molecule has 0 aromatic heterocycles. The maximum atomic E-state index is 11.7. The lowest BCUT2D eigenvalue weighted by Crippen LogP contribution is -2.30. The van der Waals surface area contributed by atoms with E-state index in [9.17, 15) is 4.79 Å². The molecule has 0 fully saturated rings. The molecule has 5 nitrogen and oxygen atoms in total. The minimum atomic E-state index is -1.92. The van der Waals surface area contributed by atoms with Gasteiger partial charge in [0.2, 0.25) is 0 Å². The largest absolute Gasteiger partial charge is 0.707 e. The number of hydrogen-bond acceptors (Lipinski definition) is 4. The Morgan fingerprint density at radius 1 is 1.47 bits per heavy atom. The highest BCUT2D eigenvalue weighted by molar-refractivity contribution is 6.35. The summed E-state index contributed by atoms with van der Waals surface area (Å²) >= 11 is 5.89. The minimum Gasteiger partial charge on any atom is -0.512 e. The Bertz CT molecular complexity index is 411. The molecule has 0 atom stereocenters. The molecule has 0 unspecified atom stereocenters. The maximum Gasteiger partial charge on any atom is 0.707 e. The maximum absolute atomic E-state index is 11.7. The van der Waals surface area contributed by atoms with Crippen LogP contribution in [0.1, 0.15) is 24.2 Å². The molecule has 0 heterocycles. The van der Waals surface area contributed by atoms with Crippen LogP contribution in [0.2, 0.25) is 5.02 Å². The summed E-state index contributed by atoms with van der Waals surface area (Å²) in [7, 11) is -1.92. The van der Waals surface area contributed by atoms with E-state index in [1.165, 1.54) is 18.2 Å². The highest BCUT2D eigenvalue weighted by atomic mass is 35.5. The molecule has 1 amide bonds. The molecule has 0 saturated heterocycles. The van der Waals surface area contributed by atoms with E-state index in [0.29, 0.717) is 5.56 Å². The van der Waals surface area contributed by atoms with E-state index in [2.05, 4.69) is 9.97 Å². The highest BCUT2D eigenvalue weighted by Gasteiger charge is 2.15. The molecule has 92 valence electrons. The van der Waals surface area contributed by atoms with E-state index in [4.69, 9.17) is 21.6 Å². The van der Waals surface area contributed by atoms with Crippen molar-refractivity contribution in [2.75, 3.05) is 0 Å².